The van der Waals surface area contributed by atoms with Crippen LogP contribution in [0.1, 0.15) is 16.8 Å². The van der Waals surface area contributed by atoms with Crippen LogP contribution in [0.5, 0.6) is 5.75 Å². The van der Waals surface area contributed by atoms with Crippen LogP contribution in [-0.2, 0) is 10.0 Å². The second kappa shape index (κ2) is 10.7. The number of nitrogens with one attached hydrogen (secondary N) is 2. The fourth-order valence-electron chi connectivity index (χ4n) is 3.79. The van der Waals surface area contributed by atoms with Gasteiger partial charge >= 0.3 is 7.05 Å². The summed E-state index contributed by atoms with van der Waals surface area (Å²) in [5.41, 5.74) is 0.411. The zero-order chi connectivity index (χ0) is 23.5. The third-order valence-electron chi connectivity index (χ3n) is 5.29. The molecule has 0 bridgehead atoms. The Morgan fingerprint density at radius 2 is 2.00 bits per heavy atom. The highest BCUT2D eigenvalue weighted by Crippen LogP contribution is 2.27. The van der Waals surface area contributed by atoms with Gasteiger partial charge in [0.1, 0.15) is 5.75 Å². The van der Waals surface area contributed by atoms with Crippen LogP contribution in [0.4, 0.5) is 0 Å². The van der Waals surface area contributed by atoms with E-state index in [0.717, 1.165) is 0 Å². The van der Waals surface area contributed by atoms with Crippen molar-refractivity contribution in [3.8, 4) is 5.75 Å². The first-order valence-electron chi connectivity index (χ1n) is 9.94. The Bertz CT molecular complexity index is 1090. The summed E-state index contributed by atoms with van der Waals surface area (Å²) in [6.45, 7) is 2.19. The third kappa shape index (κ3) is 5.92. The molecule has 0 spiro atoms. The van der Waals surface area contributed by atoms with Crippen molar-refractivity contribution < 1.29 is 23.0 Å². The van der Waals surface area contributed by atoms with Gasteiger partial charge in [-0.2, -0.15) is 0 Å². The average molecular weight is 589 g/mol. The minimum absolute atomic E-state index is 0.128. The molecule has 2 aromatic carbocycles. The van der Waals surface area contributed by atoms with Crippen molar-refractivity contribution in [2.45, 2.75) is 30.2 Å². The third-order valence-corrected chi connectivity index (χ3v) is 8.30. The normalized spacial score (nSPS) is 19.0. The van der Waals surface area contributed by atoms with Gasteiger partial charge in [-0.1, -0.05) is 28.1 Å². The van der Waals surface area contributed by atoms with Crippen LogP contribution in [0.25, 0.3) is 0 Å². The van der Waals surface area contributed by atoms with Gasteiger partial charge in [0.2, 0.25) is 10.0 Å². The summed E-state index contributed by atoms with van der Waals surface area (Å²) in [6, 6.07) is 11.2. The molecule has 12 heteroatoms. The number of rotatable bonds is 8. The van der Waals surface area contributed by atoms with Gasteiger partial charge in [0.15, 0.2) is 0 Å². The molecular formula is C20H24BBr2N3O5S. The number of carbonyl (C=O) groups is 1. The molecule has 3 N–H and O–H groups in total. The quantitative estimate of drug-likeness (QED) is 0.409. The highest BCUT2D eigenvalue weighted by Gasteiger charge is 2.38. The molecule has 0 saturated carbocycles. The predicted octanol–water partition coefficient (Wildman–Crippen LogP) is 2.48. The molecule has 8 nitrogen and oxygen atoms in total. The number of para-hydroxylation sites is 1. The second-order valence-corrected chi connectivity index (χ2v) is 11.0. The van der Waals surface area contributed by atoms with Crippen LogP contribution in [0.2, 0.25) is 6.82 Å². The lowest BCUT2D eigenvalue weighted by Gasteiger charge is -2.25. The van der Waals surface area contributed by atoms with Crippen LogP contribution < -0.4 is 14.8 Å². The molecule has 2 aromatic rings. The zero-order valence-corrected chi connectivity index (χ0v) is 21.6. The van der Waals surface area contributed by atoms with Crippen LogP contribution in [0, 0.1) is 0 Å². The van der Waals surface area contributed by atoms with Gasteiger partial charge in [0.05, 0.1) is 17.6 Å². The van der Waals surface area contributed by atoms with E-state index >= 15 is 0 Å². The maximum atomic E-state index is 12.9. The summed E-state index contributed by atoms with van der Waals surface area (Å²) in [7, 11) is -3.09. The number of ether oxygens (including phenoxy) is 1. The Hall–Kier alpha value is -1.44. The molecule has 0 aromatic heterocycles. The Morgan fingerprint density at radius 3 is 2.69 bits per heavy atom. The highest BCUT2D eigenvalue weighted by molar-refractivity contribution is 9.11. The summed E-state index contributed by atoms with van der Waals surface area (Å²) in [4.78, 5) is 14.5. The summed E-state index contributed by atoms with van der Waals surface area (Å²) in [5.74, 6) is 0.170. The molecule has 0 unspecified atom stereocenters. The molecule has 1 fully saturated rings. The number of carbonyl (C=O) groups excluding carboxylic acids is 1. The Morgan fingerprint density at radius 1 is 1.28 bits per heavy atom. The van der Waals surface area contributed by atoms with E-state index in [1.54, 1.807) is 48.0 Å². The summed E-state index contributed by atoms with van der Waals surface area (Å²) < 4.78 is 34.9. The van der Waals surface area contributed by atoms with Crippen molar-refractivity contribution in [2.75, 3.05) is 20.2 Å². The van der Waals surface area contributed by atoms with Gasteiger partial charge in [-0.05, 0) is 59.5 Å². The van der Waals surface area contributed by atoms with E-state index in [-0.39, 0.29) is 23.4 Å². The smallest absolute Gasteiger partial charge is 0.376 e. The molecular weight excluding hydrogens is 565 g/mol. The molecule has 32 heavy (non-hydrogen) atoms. The number of nitrogens with zero attached hydrogens (tertiary/aromatic N) is 1. The fraction of sp³-hybridized carbons (Fsp3) is 0.350. The Balaban J connectivity index is 1.69. The first kappa shape index (κ1) is 25.2. The number of methoxy groups -OCH3 is 1. The van der Waals surface area contributed by atoms with E-state index in [4.69, 9.17) is 4.74 Å². The molecule has 0 aliphatic carbocycles. The molecule has 172 valence electrons. The van der Waals surface area contributed by atoms with Crippen LogP contribution in [0.15, 0.2) is 56.3 Å². The maximum Gasteiger partial charge on any atom is 0.376 e. The van der Waals surface area contributed by atoms with E-state index in [1.807, 2.05) is 0 Å². The van der Waals surface area contributed by atoms with Gasteiger partial charge < -0.3 is 19.9 Å². The monoisotopic (exact) mass is 587 g/mol. The Labute approximate surface area is 205 Å². The molecule has 1 heterocycles. The number of amides is 1. The van der Waals surface area contributed by atoms with E-state index in [0.29, 0.717) is 33.2 Å². The molecule has 3 rings (SSSR count). The van der Waals surface area contributed by atoms with Crippen LogP contribution in [-0.4, -0.2) is 63.5 Å². The van der Waals surface area contributed by atoms with Crippen molar-refractivity contribution in [2.24, 2.45) is 0 Å². The van der Waals surface area contributed by atoms with Gasteiger partial charge in [-0.3, -0.25) is 4.79 Å². The number of hydrogen-bond acceptors (Lipinski definition) is 6. The van der Waals surface area contributed by atoms with Crippen molar-refractivity contribution in [3.63, 3.8) is 0 Å². The van der Waals surface area contributed by atoms with Crippen LogP contribution in [0.3, 0.4) is 0 Å². The van der Waals surface area contributed by atoms with E-state index in [9.17, 15) is 18.2 Å². The van der Waals surface area contributed by atoms with E-state index in [2.05, 4.69) is 41.9 Å². The predicted molar refractivity (Wildman–Crippen MR) is 130 cm³/mol. The molecule has 2 atom stereocenters. The second-order valence-electron chi connectivity index (χ2n) is 7.52. The van der Waals surface area contributed by atoms with Gasteiger partial charge in [0, 0.05) is 34.1 Å². The SMILES string of the molecule is COc1ccccc1C(=O)NC[C@H]1C[C@@H](NS(=O)(=O)c2cc(Br)ccc2Br)CN1B(C)O. The number of hydrogen-bond donors (Lipinski definition) is 3. The lowest BCUT2D eigenvalue weighted by Crippen LogP contribution is -2.47. The topological polar surface area (TPSA) is 108 Å². The van der Waals surface area contributed by atoms with Crippen molar-refractivity contribution in [1.29, 1.82) is 0 Å². The van der Waals surface area contributed by atoms with Gasteiger partial charge in [0.25, 0.3) is 5.91 Å². The molecule has 1 saturated heterocycles. The molecule has 1 aliphatic rings. The Kier molecular flexibility index (Phi) is 8.39. The number of sulfonamides is 1. The van der Waals surface area contributed by atoms with Gasteiger partial charge in [-0.15, -0.1) is 0 Å². The molecule has 1 amide bonds. The highest BCUT2D eigenvalue weighted by atomic mass is 79.9. The first-order valence-corrected chi connectivity index (χ1v) is 13.0. The van der Waals surface area contributed by atoms with Gasteiger partial charge in [-0.25, -0.2) is 13.1 Å². The fourth-order valence-corrected chi connectivity index (χ4v) is 6.53. The van der Waals surface area contributed by atoms with E-state index < -0.39 is 23.1 Å². The first-order chi connectivity index (χ1) is 15.1. The summed E-state index contributed by atoms with van der Waals surface area (Å²) >= 11 is 6.59. The van der Waals surface area contributed by atoms with Crippen molar-refractivity contribution >= 4 is 54.8 Å². The lowest BCUT2D eigenvalue weighted by molar-refractivity contribution is 0.0942. The van der Waals surface area contributed by atoms with E-state index in [1.165, 1.54) is 13.2 Å². The maximum absolute atomic E-state index is 12.9. The number of halogens is 2. The largest absolute Gasteiger partial charge is 0.496 e. The summed E-state index contributed by atoms with van der Waals surface area (Å²) in [5, 5.41) is 13.1. The lowest BCUT2D eigenvalue weighted by atomic mass is 9.84. The minimum Gasteiger partial charge on any atom is -0.496 e. The number of benzene rings is 2. The molecule has 0 radical (unpaired) electrons. The zero-order valence-electron chi connectivity index (χ0n) is 17.6. The summed E-state index contributed by atoms with van der Waals surface area (Å²) in [6.07, 6.45) is 0.432. The molecule has 1 aliphatic heterocycles. The minimum atomic E-state index is -3.79. The standard InChI is InChI=1S/C20H24BBr2N3O5S/c1-21(28)26-12-14(25-32(29,30)19-9-13(22)7-8-17(19)23)10-15(26)11-24-20(27)16-5-3-4-6-18(16)31-2/h3-9,14-15,25,28H,10-12H2,1-2H3,(H,24,27)/t14-,15-/m1/s1. The average Bonchev–Trinajstić information content (AvgIpc) is 3.15. The van der Waals surface area contributed by atoms with Crippen molar-refractivity contribution in [1.82, 2.24) is 14.8 Å². The van der Waals surface area contributed by atoms with Crippen LogP contribution >= 0.6 is 31.9 Å². The van der Waals surface area contributed by atoms with Crippen molar-refractivity contribution in [3.05, 3.63) is 57.0 Å².